The summed E-state index contributed by atoms with van der Waals surface area (Å²) in [5, 5.41) is 2.56. The Bertz CT molecular complexity index is 701. The van der Waals surface area contributed by atoms with Crippen LogP contribution in [0.25, 0.3) is 17.1 Å². The Hall–Kier alpha value is -2.63. The molecule has 0 radical (unpaired) electrons. The molecule has 1 aliphatic rings. The summed E-state index contributed by atoms with van der Waals surface area (Å²) in [6.07, 6.45) is 5.09. The second kappa shape index (κ2) is 4.24. The maximum Gasteiger partial charge on any atom is 0.328 e. The molecule has 2 N–H and O–H groups in total. The van der Waals surface area contributed by atoms with Crippen LogP contribution in [0.3, 0.4) is 0 Å². The minimum absolute atomic E-state index is 0.276. The number of carbonyl (C=O) groups excluding carboxylic acids is 2. The summed E-state index contributed by atoms with van der Waals surface area (Å²) in [7, 11) is 0. The van der Waals surface area contributed by atoms with Crippen LogP contribution in [-0.2, 0) is 4.79 Å². The smallest absolute Gasteiger partial charge is 0.328 e. The monoisotopic (exact) mass is 256 g/mol. The van der Waals surface area contributed by atoms with E-state index in [0.29, 0.717) is 6.54 Å². The van der Waals surface area contributed by atoms with E-state index >= 15 is 0 Å². The van der Waals surface area contributed by atoms with Gasteiger partial charge in [-0.25, -0.2) is 4.79 Å². The highest BCUT2D eigenvalue weighted by atomic mass is 16.2. The standard InChI is InChI=1S/C13H12N4O2/c1-2-17-12(18)10(16-13(17)19)6-8-7-15-9-4-3-5-14-11(8)9/h3-7,15H,2H2,1H3,(H,16,19). The Morgan fingerprint density at radius 2 is 2.26 bits per heavy atom. The molecule has 2 aromatic heterocycles. The van der Waals surface area contributed by atoms with Crippen LogP contribution in [0.4, 0.5) is 4.79 Å². The van der Waals surface area contributed by atoms with Gasteiger partial charge in [0.25, 0.3) is 5.91 Å². The molecular weight excluding hydrogens is 244 g/mol. The normalized spacial score (nSPS) is 17.5. The van der Waals surface area contributed by atoms with Gasteiger partial charge in [0.1, 0.15) is 5.70 Å². The highest BCUT2D eigenvalue weighted by Crippen LogP contribution is 2.19. The van der Waals surface area contributed by atoms with Crippen molar-refractivity contribution in [3.8, 4) is 0 Å². The zero-order chi connectivity index (χ0) is 13.4. The molecule has 1 aliphatic heterocycles. The van der Waals surface area contributed by atoms with Crippen molar-refractivity contribution in [2.24, 2.45) is 0 Å². The van der Waals surface area contributed by atoms with Gasteiger partial charge in [-0.1, -0.05) is 0 Å². The number of pyridine rings is 1. The van der Waals surface area contributed by atoms with E-state index in [1.54, 1.807) is 25.4 Å². The number of aromatic amines is 1. The highest BCUT2D eigenvalue weighted by Gasteiger charge is 2.32. The number of hydrogen-bond donors (Lipinski definition) is 2. The van der Waals surface area contributed by atoms with Gasteiger partial charge in [-0.2, -0.15) is 0 Å². The molecule has 0 atom stereocenters. The van der Waals surface area contributed by atoms with E-state index in [4.69, 9.17) is 0 Å². The second-order valence-corrected chi connectivity index (χ2v) is 4.18. The molecule has 0 aromatic carbocycles. The Kier molecular flexibility index (Phi) is 2.56. The Balaban J connectivity index is 2.03. The lowest BCUT2D eigenvalue weighted by Crippen LogP contribution is -2.30. The maximum atomic E-state index is 12.0. The van der Waals surface area contributed by atoms with Crippen molar-refractivity contribution in [3.63, 3.8) is 0 Å². The van der Waals surface area contributed by atoms with Crippen molar-refractivity contribution < 1.29 is 9.59 Å². The molecule has 1 saturated heterocycles. The number of urea groups is 1. The third kappa shape index (κ3) is 1.77. The maximum absolute atomic E-state index is 12.0. The summed E-state index contributed by atoms with van der Waals surface area (Å²) in [5.41, 5.74) is 2.71. The predicted octanol–water partition coefficient (Wildman–Crippen LogP) is 1.48. The molecule has 0 aliphatic carbocycles. The SMILES string of the molecule is CCN1C(=O)NC(=Cc2c[nH]c3cccnc23)C1=O. The summed E-state index contributed by atoms with van der Waals surface area (Å²) in [6, 6.07) is 3.35. The first kappa shape index (κ1) is 11.5. The van der Waals surface area contributed by atoms with Crippen molar-refractivity contribution >= 4 is 29.0 Å². The lowest BCUT2D eigenvalue weighted by Gasteiger charge is -2.05. The van der Waals surface area contributed by atoms with E-state index in [1.807, 2.05) is 12.1 Å². The fraction of sp³-hybridized carbons (Fsp3) is 0.154. The van der Waals surface area contributed by atoms with E-state index in [9.17, 15) is 9.59 Å². The highest BCUT2D eigenvalue weighted by molar-refractivity contribution is 6.14. The van der Waals surface area contributed by atoms with E-state index in [2.05, 4.69) is 15.3 Å². The molecule has 6 heteroatoms. The van der Waals surface area contributed by atoms with Crippen molar-refractivity contribution in [1.82, 2.24) is 20.2 Å². The molecule has 3 amide bonds. The van der Waals surface area contributed by atoms with E-state index in [-0.39, 0.29) is 17.6 Å². The first-order valence-corrected chi connectivity index (χ1v) is 5.97. The van der Waals surface area contributed by atoms with Gasteiger partial charge >= 0.3 is 6.03 Å². The zero-order valence-corrected chi connectivity index (χ0v) is 10.3. The number of nitrogens with zero attached hydrogens (tertiary/aromatic N) is 2. The number of H-pyrrole nitrogens is 1. The first-order valence-electron chi connectivity index (χ1n) is 5.97. The van der Waals surface area contributed by atoms with Crippen LogP contribution in [0, 0.1) is 0 Å². The van der Waals surface area contributed by atoms with Crippen LogP contribution in [0.2, 0.25) is 0 Å². The lowest BCUT2D eigenvalue weighted by molar-refractivity contribution is -0.122. The van der Waals surface area contributed by atoms with Gasteiger partial charge in [0.05, 0.1) is 11.0 Å². The molecule has 0 unspecified atom stereocenters. The third-order valence-electron chi connectivity index (χ3n) is 3.04. The molecule has 2 aromatic rings. The molecule has 3 rings (SSSR count). The first-order chi connectivity index (χ1) is 9.20. The van der Waals surface area contributed by atoms with Gasteiger partial charge in [-0.15, -0.1) is 0 Å². The fourth-order valence-corrected chi connectivity index (χ4v) is 2.10. The predicted molar refractivity (Wildman–Crippen MR) is 70.0 cm³/mol. The molecule has 0 bridgehead atoms. The van der Waals surface area contributed by atoms with Gasteiger partial charge in [-0.05, 0) is 25.1 Å². The topological polar surface area (TPSA) is 78.1 Å². The summed E-state index contributed by atoms with van der Waals surface area (Å²) in [6.45, 7) is 2.11. The average molecular weight is 256 g/mol. The number of fused-ring (bicyclic) bond motifs is 1. The van der Waals surface area contributed by atoms with Crippen LogP contribution in [-0.4, -0.2) is 33.4 Å². The number of hydrogen-bond acceptors (Lipinski definition) is 3. The summed E-state index contributed by atoms with van der Waals surface area (Å²) < 4.78 is 0. The molecule has 1 fully saturated rings. The summed E-state index contributed by atoms with van der Waals surface area (Å²) in [4.78, 5) is 32.0. The minimum Gasteiger partial charge on any atom is -0.359 e. The summed E-state index contributed by atoms with van der Waals surface area (Å²) >= 11 is 0. The number of rotatable bonds is 2. The number of nitrogens with one attached hydrogen (secondary N) is 2. The largest absolute Gasteiger partial charge is 0.359 e. The Labute approximate surface area is 109 Å². The molecule has 96 valence electrons. The molecule has 0 saturated carbocycles. The number of carbonyl (C=O) groups is 2. The summed E-state index contributed by atoms with van der Waals surface area (Å²) in [5.74, 6) is -0.308. The van der Waals surface area contributed by atoms with Gasteiger partial charge in [0, 0.05) is 24.5 Å². The van der Waals surface area contributed by atoms with Gasteiger partial charge in [0.15, 0.2) is 0 Å². The minimum atomic E-state index is -0.383. The van der Waals surface area contributed by atoms with Gasteiger partial charge in [-0.3, -0.25) is 14.7 Å². The molecule has 0 spiro atoms. The molecule has 3 heterocycles. The van der Waals surface area contributed by atoms with E-state index in [1.165, 1.54) is 0 Å². The van der Waals surface area contributed by atoms with Crippen molar-refractivity contribution in [2.75, 3.05) is 6.54 Å². The van der Waals surface area contributed by atoms with Gasteiger partial charge < -0.3 is 10.3 Å². The average Bonchev–Trinajstić information content (AvgIpc) is 2.93. The van der Waals surface area contributed by atoms with Crippen molar-refractivity contribution in [2.45, 2.75) is 6.92 Å². The molecular formula is C13H12N4O2. The molecule has 6 nitrogen and oxygen atoms in total. The third-order valence-corrected chi connectivity index (χ3v) is 3.04. The number of likely N-dealkylation sites (N-methyl/N-ethyl adjacent to an activating group) is 1. The van der Waals surface area contributed by atoms with E-state index < -0.39 is 0 Å². The fourth-order valence-electron chi connectivity index (χ4n) is 2.10. The second-order valence-electron chi connectivity index (χ2n) is 4.18. The van der Waals surface area contributed by atoms with Crippen molar-refractivity contribution in [3.05, 3.63) is 35.8 Å². The van der Waals surface area contributed by atoms with Crippen LogP contribution >= 0.6 is 0 Å². The number of imide groups is 1. The lowest BCUT2D eigenvalue weighted by atomic mass is 10.2. The van der Waals surface area contributed by atoms with Crippen LogP contribution in [0.15, 0.2) is 30.2 Å². The van der Waals surface area contributed by atoms with Crippen LogP contribution < -0.4 is 5.32 Å². The van der Waals surface area contributed by atoms with E-state index in [0.717, 1.165) is 21.5 Å². The number of amides is 3. The Morgan fingerprint density at radius 1 is 1.42 bits per heavy atom. The zero-order valence-electron chi connectivity index (χ0n) is 10.3. The Morgan fingerprint density at radius 3 is 3.00 bits per heavy atom. The number of aromatic nitrogens is 2. The molecule has 19 heavy (non-hydrogen) atoms. The van der Waals surface area contributed by atoms with Crippen molar-refractivity contribution in [1.29, 1.82) is 0 Å². The quantitative estimate of drug-likeness (QED) is 0.631. The van der Waals surface area contributed by atoms with Crippen LogP contribution in [0.1, 0.15) is 12.5 Å². The van der Waals surface area contributed by atoms with Crippen LogP contribution in [0.5, 0.6) is 0 Å². The van der Waals surface area contributed by atoms with Gasteiger partial charge in [0.2, 0.25) is 0 Å².